The standard InChI is InChI=1S/C12H19BrN6O2/c1-8(10(14)17-20)18-3-5-19(6-4-18)12-15-7-9(13)11(16-12)21-2/h7-8,20H,3-6H2,1-2H3,(H2,14,17). The highest BCUT2D eigenvalue weighted by Crippen LogP contribution is 2.24. The summed E-state index contributed by atoms with van der Waals surface area (Å²) in [5, 5.41) is 11.8. The summed E-state index contributed by atoms with van der Waals surface area (Å²) in [4.78, 5) is 12.9. The molecule has 2 rings (SSSR count). The van der Waals surface area contributed by atoms with Crippen LogP contribution in [0.3, 0.4) is 0 Å². The molecular weight excluding hydrogens is 340 g/mol. The van der Waals surface area contributed by atoms with Gasteiger partial charge in [0, 0.05) is 26.2 Å². The summed E-state index contributed by atoms with van der Waals surface area (Å²) in [7, 11) is 1.58. The Morgan fingerprint density at radius 1 is 1.48 bits per heavy atom. The van der Waals surface area contributed by atoms with Crippen molar-refractivity contribution in [2.24, 2.45) is 10.9 Å². The van der Waals surface area contributed by atoms with Crippen LogP contribution in [0.25, 0.3) is 0 Å². The van der Waals surface area contributed by atoms with Gasteiger partial charge < -0.3 is 20.6 Å². The van der Waals surface area contributed by atoms with Crippen molar-refractivity contribution in [1.82, 2.24) is 14.9 Å². The van der Waals surface area contributed by atoms with Crippen LogP contribution in [0.2, 0.25) is 0 Å². The zero-order chi connectivity index (χ0) is 15.4. The zero-order valence-corrected chi connectivity index (χ0v) is 13.6. The number of rotatable bonds is 4. The number of hydrogen-bond donors (Lipinski definition) is 2. The van der Waals surface area contributed by atoms with Gasteiger partial charge in [-0.25, -0.2) is 4.98 Å². The van der Waals surface area contributed by atoms with Gasteiger partial charge in [0.05, 0.1) is 23.8 Å². The molecule has 0 radical (unpaired) electrons. The van der Waals surface area contributed by atoms with Crippen LogP contribution in [-0.2, 0) is 0 Å². The Hall–Kier alpha value is -1.61. The van der Waals surface area contributed by atoms with Crippen molar-refractivity contribution in [3.63, 3.8) is 0 Å². The summed E-state index contributed by atoms with van der Waals surface area (Å²) in [5.41, 5.74) is 5.65. The number of nitrogens with two attached hydrogens (primary N) is 1. The molecule has 0 aliphatic carbocycles. The third kappa shape index (κ3) is 3.53. The fraction of sp³-hybridized carbons (Fsp3) is 0.583. The molecule has 0 saturated carbocycles. The van der Waals surface area contributed by atoms with Gasteiger partial charge >= 0.3 is 0 Å². The van der Waals surface area contributed by atoms with Gasteiger partial charge in [0.1, 0.15) is 0 Å². The first-order valence-corrected chi connectivity index (χ1v) is 7.39. The lowest BCUT2D eigenvalue weighted by atomic mass is 10.2. The van der Waals surface area contributed by atoms with Crippen molar-refractivity contribution < 1.29 is 9.94 Å². The molecule has 9 heteroatoms. The summed E-state index contributed by atoms with van der Waals surface area (Å²) < 4.78 is 5.92. The Balaban J connectivity index is 2.01. The number of hydrogen-bond acceptors (Lipinski definition) is 7. The predicted octanol–water partition coefficient (Wildman–Crippen LogP) is 0.505. The van der Waals surface area contributed by atoms with Crippen LogP contribution in [0, 0.1) is 0 Å². The van der Waals surface area contributed by atoms with Gasteiger partial charge in [-0.2, -0.15) is 4.98 Å². The molecule has 1 saturated heterocycles. The lowest BCUT2D eigenvalue weighted by molar-refractivity contribution is 0.229. The second kappa shape index (κ2) is 6.90. The molecule has 21 heavy (non-hydrogen) atoms. The number of amidine groups is 1. The molecule has 1 unspecified atom stereocenters. The normalized spacial score (nSPS) is 18.6. The van der Waals surface area contributed by atoms with E-state index in [1.807, 2.05) is 6.92 Å². The molecule has 1 atom stereocenters. The number of nitrogens with zero attached hydrogens (tertiary/aromatic N) is 5. The average Bonchev–Trinajstić information content (AvgIpc) is 2.54. The maximum absolute atomic E-state index is 8.74. The van der Waals surface area contributed by atoms with E-state index in [1.165, 1.54) is 0 Å². The fourth-order valence-corrected chi connectivity index (χ4v) is 2.57. The molecule has 1 aliphatic heterocycles. The molecule has 1 aliphatic rings. The molecule has 116 valence electrons. The van der Waals surface area contributed by atoms with Gasteiger partial charge in [-0.15, -0.1) is 0 Å². The van der Waals surface area contributed by atoms with Gasteiger partial charge in [-0.1, -0.05) is 5.16 Å². The van der Waals surface area contributed by atoms with Crippen LogP contribution >= 0.6 is 15.9 Å². The largest absolute Gasteiger partial charge is 0.480 e. The van der Waals surface area contributed by atoms with E-state index in [9.17, 15) is 0 Å². The maximum atomic E-state index is 8.74. The summed E-state index contributed by atoms with van der Waals surface area (Å²) in [5.74, 6) is 1.39. The Morgan fingerprint density at radius 3 is 2.71 bits per heavy atom. The van der Waals surface area contributed by atoms with E-state index in [0.717, 1.165) is 30.7 Å². The minimum absolute atomic E-state index is 0.0856. The minimum atomic E-state index is -0.0856. The van der Waals surface area contributed by atoms with E-state index >= 15 is 0 Å². The van der Waals surface area contributed by atoms with Crippen LogP contribution in [0.5, 0.6) is 5.88 Å². The van der Waals surface area contributed by atoms with Crippen LogP contribution in [0.15, 0.2) is 15.8 Å². The van der Waals surface area contributed by atoms with Crippen molar-refractivity contribution in [2.45, 2.75) is 13.0 Å². The van der Waals surface area contributed by atoms with E-state index in [0.29, 0.717) is 11.8 Å². The van der Waals surface area contributed by atoms with E-state index in [4.69, 9.17) is 15.7 Å². The van der Waals surface area contributed by atoms with Crippen molar-refractivity contribution in [3.8, 4) is 5.88 Å². The predicted molar refractivity (Wildman–Crippen MR) is 82.9 cm³/mol. The van der Waals surface area contributed by atoms with Crippen molar-refractivity contribution in [3.05, 3.63) is 10.7 Å². The number of aromatic nitrogens is 2. The molecule has 1 aromatic rings. The second-order valence-corrected chi connectivity index (χ2v) is 5.61. The van der Waals surface area contributed by atoms with E-state index in [-0.39, 0.29) is 11.9 Å². The second-order valence-electron chi connectivity index (χ2n) is 4.75. The quantitative estimate of drug-likeness (QED) is 0.350. The van der Waals surface area contributed by atoms with Gasteiger partial charge in [0.2, 0.25) is 11.8 Å². The number of anilines is 1. The van der Waals surface area contributed by atoms with Crippen molar-refractivity contribution in [2.75, 3.05) is 38.2 Å². The Morgan fingerprint density at radius 2 is 2.14 bits per heavy atom. The first-order valence-electron chi connectivity index (χ1n) is 6.59. The smallest absolute Gasteiger partial charge is 0.232 e. The van der Waals surface area contributed by atoms with E-state index in [1.54, 1.807) is 13.3 Å². The first kappa shape index (κ1) is 15.8. The topological polar surface area (TPSA) is 100 Å². The van der Waals surface area contributed by atoms with E-state index in [2.05, 4.69) is 40.9 Å². The van der Waals surface area contributed by atoms with Gasteiger partial charge in [0.15, 0.2) is 5.84 Å². The number of piperazine rings is 1. The van der Waals surface area contributed by atoms with Crippen LogP contribution in [0.4, 0.5) is 5.95 Å². The van der Waals surface area contributed by atoms with Crippen LogP contribution < -0.4 is 15.4 Å². The number of ether oxygens (including phenoxy) is 1. The monoisotopic (exact) mass is 358 g/mol. The molecule has 3 N–H and O–H groups in total. The van der Waals surface area contributed by atoms with Crippen molar-refractivity contribution >= 4 is 27.7 Å². The minimum Gasteiger partial charge on any atom is -0.480 e. The molecule has 0 aromatic carbocycles. The maximum Gasteiger partial charge on any atom is 0.232 e. The van der Waals surface area contributed by atoms with Gasteiger partial charge in [-0.05, 0) is 22.9 Å². The zero-order valence-electron chi connectivity index (χ0n) is 12.0. The molecule has 1 aromatic heterocycles. The Bertz CT molecular complexity index is 518. The average molecular weight is 359 g/mol. The Labute approximate surface area is 131 Å². The molecule has 8 nitrogen and oxygen atoms in total. The number of halogens is 1. The van der Waals surface area contributed by atoms with Gasteiger partial charge in [0.25, 0.3) is 0 Å². The third-order valence-electron chi connectivity index (χ3n) is 3.58. The number of methoxy groups -OCH3 is 1. The summed E-state index contributed by atoms with van der Waals surface area (Å²) in [6.45, 7) is 5.05. The molecule has 0 amide bonds. The fourth-order valence-electron chi connectivity index (χ4n) is 2.22. The lowest BCUT2D eigenvalue weighted by Crippen LogP contribution is -2.53. The molecule has 0 spiro atoms. The van der Waals surface area contributed by atoms with Crippen LogP contribution in [-0.4, -0.2) is 65.2 Å². The highest BCUT2D eigenvalue weighted by Gasteiger charge is 2.25. The van der Waals surface area contributed by atoms with Crippen molar-refractivity contribution in [1.29, 1.82) is 0 Å². The molecule has 1 fully saturated rings. The highest BCUT2D eigenvalue weighted by molar-refractivity contribution is 9.10. The van der Waals surface area contributed by atoms with Crippen LogP contribution in [0.1, 0.15) is 6.92 Å². The SMILES string of the molecule is COc1nc(N2CCN(C(C)C(N)=NO)CC2)ncc1Br. The summed E-state index contributed by atoms with van der Waals surface area (Å²) in [6, 6.07) is -0.0856. The third-order valence-corrected chi connectivity index (χ3v) is 4.12. The highest BCUT2D eigenvalue weighted by atomic mass is 79.9. The molecule has 0 bridgehead atoms. The summed E-state index contributed by atoms with van der Waals surface area (Å²) >= 11 is 3.34. The number of oxime groups is 1. The van der Waals surface area contributed by atoms with E-state index < -0.39 is 0 Å². The lowest BCUT2D eigenvalue weighted by Gasteiger charge is -2.37. The Kier molecular flexibility index (Phi) is 5.18. The summed E-state index contributed by atoms with van der Waals surface area (Å²) in [6.07, 6.45) is 1.69. The van der Waals surface area contributed by atoms with Gasteiger partial charge in [-0.3, -0.25) is 4.90 Å². The molecular formula is C12H19BrN6O2. The molecule has 2 heterocycles. The first-order chi connectivity index (χ1) is 10.1.